The summed E-state index contributed by atoms with van der Waals surface area (Å²) in [4.78, 5) is 4.36. The molecule has 0 saturated carbocycles. The van der Waals surface area contributed by atoms with E-state index in [1.807, 2.05) is 0 Å². The third-order valence-electron chi connectivity index (χ3n) is 0.994. The second kappa shape index (κ2) is 3.87. The first-order chi connectivity index (χ1) is 3.63. The van der Waals surface area contributed by atoms with Gasteiger partial charge in [-0.05, 0) is 28.2 Å². The molecule has 0 aliphatic rings. The summed E-state index contributed by atoms with van der Waals surface area (Å²) >= 11 is 0. The number of likely N-dealkylation sites (N-methyl/N-ethyl adjacent to an activating group) is 2. The first-order valence-corrected chi connectivity index (χ1v) is 2.92. The Morgan fingerprint density at radius 3 is 1.25 bits per heavy atom. The van der Waals surface area contributed by atoms with Crippen LogP contribution in [0.4, 0.5) is 0 Å². The van der Waals surface area contributed by atoms with Crippen LogP contribution in [0.1, 0.15) is 1.43 Å². The zero-order chi connectivity index (χ0) is 6.57. The van der Waals surface area contributed by atoms with E-state index in [2.05, 4.69) is 38.0 Å². The van der Waals surface area contributed by atoms with Gasteiger partial charge in [0.15, 0.2) is 0 Å². The number of nitrogens with zero attached hydrogens (tertiary/aromatic N) is 2. The maximum absolute atomic E-state index is 2.18. The van der Waals surface area contributed by atoms with Gasteiger partial charge in [0, 0.05) is 13.1 Å². The molecule has 2 nitrogen and oxygen atoms in total. The fourth-order valence-corrected chi connectivity index (χ4v) is 0.400. The molecule has 0 atom stereocenters. The standard InChI is InChI=1S/C6H16N2/c1-7(2)5-6-8(3)4/h5-6H2,1-4H3/p+1. The molecule has 0 spiro atoms. The van der Waals surface area contributed by atoms with Gasteiger partial charge in [0.1, 0.15) is 0 Å². The van der Waals surface area contributed by atoms with Gasteiger partial charge >= 0.3 is 1.43 Å². The summed E-state index contributed by atoms with van der Waals surface area (Å²) in [7, 11) is 8.35. The maximum atomic E-state index is 2.18. The van der Waals surface area contributed by atoms with E-state index in [0.29, 0.717) is 0 Å². The van der Waals surface area contributed by atoms with E-state index >= 15 is 0 Å². The van der Waals surface area contributed by atoms with Crippen LogP contribution in [0.5, 0.6) is 0 Å². The van der Waals surface area contributed by atoms with Gasteiger partial charge in [0.25, 0.3) is 0 Å². The molecule has 0 saturated heterocycles. The second-order valence-electron chi connectivity index (χ2n) is 2.61. The van der Waals surface area contributed by atoms with Crippen LogP contribution in [-0.4, -0.2) is 51.1 Å². The Morgan fingerprint density at radius 1 is 0.875 bits per heavy atom. The van der Waals surface area contributed by atoms with Gasteiger partial charge in [-0.15, -0.1) is 0 Å². The van der Waals surface area contributed by atoms with Crippen molar-refractivity contribution in [3.8, 4) is 0 Å². The van der Waals surface area contributed by atoms with Crippen LogP contribution in [0.25, 0.3) is 0 Å². The molecule has 2 heteroatoms. The smallest absolute Gasteiger partial charge is 0.308 e. The zero-order valence-corrected chi connectivity index (χ0v) is 6.31. The molecule has 0 fully saturated rings. The van der Waals surface area contributed by atoms with Crippen LogP contribution >= 0.6 is 0 Å². The summed E-state index contributed by atoms with van der Waals surface area (Å²) in [5.41, 5.74) is 0. The lowest BCUT2D eigenvalue weighted by Gasteiger charge is -2.13. The van der Waals surface area contributed by atoms with Crippen molar-refractivity contribution in [2.75, 3.05) is 41.3 Å². The van der Waals surface area contributed by atoms with Crippen molar-refractivity contribution in [2.45, 2.75) is 0 Å². The van der Waals surface area contributed by atoms with Crippen molar-refractivity contribution in [1.82, 2.24) is 9.80 Å². The Morgan fingerprint density at radius 2 is 1.12 bits per heavy atom. The monoisotopic (exact) mass is 117 g/mol. The fraction of sp³-hybridized carbons (Fsp3) is 1.00. The van der Waals surface area contributed by atoms with Crippen molar-refractivity contribution >= 4 is 0 Å². The van der Waals surface area contributed by atoms with E-state index in [1.165, 1.54) is 0 Å². The van der Waals surface area contributed by atoms with E-state index < -0.39 is 0 Å². The van der Waals surface area contributed by atoms with Crippen molar-refractivity contribution in [1.29, 1.82) is 0 Å². The molecule has 0 radical (unpaired) electrons. The Hall–Kier alpha value is -0.0800. The molecule has 0 N–H and O–H groups in total. The first kappa shape index (κ1) is 7.92. The quantitative estimate of drug-likeness (QED) is 0.522. The second-order valence-corrected chi connectivity index (χ2v) is 2.61. The van der Waals surface area contributed by atoms with Crippen LogP contribution < -0.4 is 0 Å². The lowest BCUT2D eigenvalue weighted by Crippen LogP contribution is -2.25. The summed E-state index contributed by atoms with van der Waals surface area (Å²) in [5, 5.41) is 0. The van der Waals surface area contributed by atoms with Crippen molar-refractivity contribution in [3.05, 3.63) is 0 Å². The third-order valence-corrected chi connectivity index (χ3v) is 0.994. The molecule has 0 bridgehead atoms. The van der Waals surface area contributed by atoms with Gasteiger partial charge in [0.05, 0.1) is 0 Å². The maximum Gasteiger partial charge on any atom is 1.00 e. The Balaban J connectivity index is 0. The predicted octanol–water partition coefficient (Wildman–Crippen LogP) is 0.222. The predicted molar refractivity (Wildman–Crippen MR) is 38.2 cm³/mol. The minimum atomic E-state index is 0. The molecule has 50 valence electrons. The van der Waals surface area contributed by atoms with Gasteiger partial charge in [-0.2, -0.15) is 0 Å². The summed E-state index contributed by atoms with van der Waals surface area (Å²) in [5.74, 6) is 0. The van der Waals surface area contributed by atoms with Gasteiger partial charge in [0.2, 0.25) is 0 Å². The summed E-state index contributed by atoms with van der Waals surface area (Å²) in [6.45, 7) is 2.29. The lowest BCUT2D eigenvalue weighted by molar-refractivity contribution is 0.320. The van der Waals surface area contributed by atoms with Crippen LogP contribution in [0.2, 0.25) is 0 Å². The highest BCUT2D eigenvalue weighted by Crippen LogP contribution is 1.76. The highest BCUT2D eigenvalue weighted by atomic mass is 15.1. The Kier molecular flexibility index (Phi) is 3.83. The molecule has 0 unspecified atom stereocenters. The van der Waals surface area contributed by atoms with Gasteiger partial charge in [-0.25, -0.2) is 0 Å². The van der Waals surface area contributed by atoms with Crippen molar-refractivity contribution in [2.24, 2.45) is 0 Å². The van der Waals surface area contributed by atoms with E-state index in [9.17, 15) is 0 Å². The molecule has 0 aliphatic heterocycles. The van der Waals surface area contributed by atoms with Gasteiger partial charge in [-0.3, -0.25) is 0 Å². The van der Waals surface area contributed by atoms with E-state index in [1.54, 1.807) is 0 Å². The molecule has 0 heterocycles. The van der Waals surface area contributed by atoms with Gasteiger partial charge < -0.3 is 9.80 Å². The topological polar surface area (TPSA) is 6.48 Å². The molecular weight excluding hydrogens is 100 g/mol. The SMILES string of the molecule is CN(C)CCN(C)C.[H+]. The number of hydrogen-bond donors (Lipinski definition) is 0. The van der Waals surface area contributed by atoms with E-state index in [-0.39, 0.29) is 1.43 Å². The zero-order valence-electron chi connectivity index (χ0n) is 7.31. The molecule has 0 rings (SSSR count). The Bertz CT molecular complexity index is 47.0. The average Bonchev–Trinajstić information content (AvgIpc) is 1.61. The van der Waals surface area contributed by atoms with Crippen LogP contribution in [0, 0.1) is 0 Å². The van der Waals surface area contributed by atoms with Crippen LogP contribution in [0.3, 0.4) is 0 Å². The van der Waals surface area contributed by atoms with Gasteiger partial charge in [-0.1, -0.05) is 0 Å². The van der Waals surface area contributed by atoms with E-state index in [4.69, 9.17) is 0 Å². The molecule has 0 aromatic carbocycles. The lowest BCUT2D eigenvalue weighted by atomic mass is 10.5. The van der Waals surface area contributed by atoms with Crippen LogP contribution in [0.15, 0.2) is 0 Å². The normalized spacial score (nSPS) is 11.2. The first-order valence-electron chi connectivity index (χ1n) is 2.92. The Labute approximate surface area is 53.6 Å². The minimum absolute atomic E-state index is 0. The van der Waals surface area contributed by atoms with Crippen molar-refractivity contribution in [3.63, 3.8) is 0 Å². The van der Waals surface area contributed by atoms with Crippen LogP contribution in [-0.2, 0) is 0 Å². The number of hydrogen-bond acceptors (Lipinski definition) is 2. The summed E-state index contributed by atoms with van der Waals surface area (Å²) < 4.78 is 0. The summed E-state index contributed by atoms with van der Waals surface area (Å²) in [6, 6.07) is 0. The molecule has 0 aromatic rings. The highest BCUT2D eigenvalue weighted by Gasteiger charge is 1.89. The van der Waals surface area contributed by atoms with E-state index in [0.717, 1.165) is 13.1 Å². The molecule has 8 heavy (non-hydrogen) atoms. The molecular formula is C6H17N2+. The molecule has 0 aromatic heterocycles. The largest absolute Gasteiger partial charge is 1.00 e. The fourth-order valence-electron chi connectivity index (χ4n) is 0.400. The van der Waals surface area contributed by atoms with Crippen molar-refractivity contribution < 1.29 is 1.43 Å². The third kappa shape index (κ3) is 5.92. The minimum Gasteiger partial charge on any atom is -0.308 e. The average molecular weight is 117 g/mol. The molecule has 0 amide bonds. The summed E-state index contributed by atoms with van der Waals surface area (Å²) in [6.07, 6.45) is 0. The highest BCUT2D eigenvalue weighted by molar-refractivity contribution is 4.45. The number of rotatable bonds is 3. The molecule has 0 aliphatic carbocycles.